The Morgan fingerprint density at radius 3 is 2.58 bits per heavy atom. The van der Waals surface area contributed by atoms with E-state index in [-0.39, 0.29) is 6.03 Å². The number of carbonyl (C=O) groups excluding carboxylic acids is 1. The lowest BCUT2D eigenvalue weighted by molar-refractivity contribution is 0.252. The van der Waals surface area contributed by atoms with E-state index in [9.17, 15) is 4.79 Å². The predicted octanol–water partition coefficient (Wildman–Crippen LogP) is 3.36. The first-order valence-electron chi connectivity index (χ1n) is 6.39. The molecule has 0 atom stereocenters. The molecule has 0 unspecified atom stereocenters. The lowest BCUT2D eigenvalue weighted by Gasteiger charge is -2.08. The maximum atomic E-state index is 11.7. The molecule has 2 N–H and O–H groups in total. The minimum absolute atomic E-state index is 0.165. The van der Waals surface area contributed by atoms with Gasteiger partial charge >= 0.3 is 6.03 Å². The number of hydrogen-bond donors (Lipinski definition) is 2. The normalized spacial score (nSPS) is 9.95. The van der Waals surface area contributed by atoms with Gasteiger partial charge < -0.3 is 10.6 Å². The monoisotopic (exact) mass is 254 g/mol. The van der Waals surface area contributed by atoms with Crippen LogP contribution in [0.4, 0.5) is 10.5 Å². The summed E-state index contributed by atoms with van der Waals surface area (Å²) in [5.41, 5.74) is 3.16. The quantitative estimate of drug-likeness (QED) is 0.863. The van der Waals surface area contributed by atoms with Gasteiger partial charge in [-0.15, -0.1) is 0 Å². The summed E-state index contributed by atoms with van der Waals surface area (Å²) in [6.45, 7) is 2.63. The summed E-state index contributed by atoms with van der Waals surface area (Å²) < 4.78 is 0. The molecule has 3 heteroatoms. The second kappa shape index (κ2) is 6.59. The highest BCUT2D eigenvalue weighted by atomic mass is 16.2. The second-order valence-electron chi connectivity index (χ2n) is 4.49. The molecule has 98 valence electrons. The lowest BCUT2D eigenvalue weighted by atomic mass is 10.1. The minimum Gasteiger partial charge on any atom is -0.338 e. The van der Waals surface area contributed by atoms with Crippen LogP contribution in [0.2, 0.25) is 0 Å². The van der Waals surface area contributed by atoms with Gasteiger partial charge in [0.05, 0.1) is 0 Å². The van der Waals surface area contributed by atoms with Crippen LogP contribution in [0.25, 0.3) is 0 Å². The zero-order valence-corrected chi connectivity index (χ0v) is 11.0. The number of amides is 2. The van der Waals surface area contributed by atoms with Crippen molar-refractivity contribution in [3.63, 3.8) is 0 Å². The zero-order valence-electron chi connectivity index (χ0n) is 11.0. The number of urea groups is 1. The first-order valence-corrected chi connectivity index (χ1v) is 6.39. The number of hydrogen-bond acceptors (Lipinski definition) is 1. The fourth-order valence-electron chi connectivity index (χ4n) is 1.86. The summed E-state index contributed by atoms with van der Waals surface area (Å²) in [6.07, 6.45) is 0.835. The summed E-state index contributed by atoms with van der Waals surface area (Å²) in [5.74, 6) is 0. The Kier molecular flexibility index (Phi) is 4.56. The van der Waals surface area contributed by atoms with Crippen molar-refractivity contribution in [2.24, 2.45) is 0 Å². The van der Waals surface area contributed by atoms with Gasteiger partial charge in [0.15, 0.2) is 0 Å². The van der Waals surface area contributed by atoms with Crippen molar-refractivity contribution in [1.82, 2.24) is 5.32 Å². The van der Waals surface area contributed by atoms with E-state index < -0.39 is 0 Å². The zero-order chi connectivity index (χ0) is 13.5. The van der Waals surface area contributed by atoms with Crippen LogP contribution in [0.3, 0.4) is 0 Å². The van der Waals surface area contributed by atoms with Gasteiger partial charge in [-0.3, -0.25) is 0 Å². The fraction of sp³-hybridized carbons (Fsp3) is 0.188. The molecule has 0 saturated heterocycles. The van der Waals surface area contributed by atoms with Crippen LogP contribution in [-0.4, -0.2) is 12.6 Å². The number of carbonyl (C=O) groups is 1. The molecule has 0 aliphatic rings. The summed E-state index contributed by atoms with van der Waals surface area (Å²) in [5, 5.41) is 5.67. The topological polar surface area (TPSA) is 41.1 Å². The maximum absolute atomic E-state index is 11.7. The Labute approximate surface area is 113 Å². The molecule has 2 amide bonds. The Morgan fingerprint density at radius 2 is 1.84 bits per heavy atom. The molecule has 0 spiro atoms. The van der Waals surface area contributed by atoms with Gasteiger partial charge in [0, 0.05) is 12.2 Å². The molecule has 2 aromatic carbocycles. The van der Waals surface area contributed by atoms with E-state index in [1.54, 1.807) is 0 Å². The highest BCUT2D eigenvalue weighted by molar-refractivity contribution is 5.89. The first-order chi connectivity index (χ1) is 9.24. The Balaban J connectivity index is 1.76. The molecule has 19 heavy (non-hydrogen) atoms. The van der Waals surface area contributed by atoms with E-state index >= 15 is 0 Å². The third-order valence-corrected chi connectivity index (χ3v) is 2.82. The molecule has 0 bridgehead atoms. The van der Waals surface area contributed by atoms with E-state index in [0.717, 1.165) is 17.7 Å². The highest BCUT2D eigenvalue weighted by Crippen LogP contribution is 2.08. The van der Waals surface area contributed by atoms with Crippen LogP contribution < -0.4 is 10.6 Å². The summed E-state index contributed by atoms with van der Waals surface area (Å²) >= 11 is 0. The smallest absolute Gasteiger partial charge is 0.319 e. The largest absolute Gasteiger partial charge is 0.338 e. The third kappa shape index (κ3) is 4.47. The predicted molar refractivity (Wildman–Crippen MR) is 78.3 cm³/mol. The number of anilines is 1. The number of rotatable bonds is 4. The number of nitrogens with one attached hydrogen (secondary N) is 2. The van der Waals surface area contributed by atoms with Crippen molar-refractivity contribution in [2.45, 2.75) is 13.3 Å². The summed E-state index contributed by atoms with van der Waals surface area (Å²) in [7, 11) is 0. The van der Waals surface area contributed by atoms with Crippen LogP contribution >= 0.6 is 0 Å². The molecule has 0 aliphatic heterocycles. The van der Waals surface area contributed by atoms with Crippen LogP contribution in [0.15, 0.2) is 54.6 Å². The van der Waals surface area contributed by atoms with Gasteiger partial charge in [0.1, 0.15) is 0 Å². The number of benzene rings is 2. The molecule has 0 heterocycles. The molecule has 0 aliphatic carbocycles. The van der Waals surface area contributed by atoms with E-state index in [2.05, 4.69) is 22.8 Å². The molecule has 0 aromatic heterocycles. The molecular weight excluding hydrogens is 236 g/mol. The molecule has 0 radical (unpaired) electrons. The molecule has 2 aromatic rings. The number of aryl methyl sites for hydroxylation is 1. The summed E-state index contributed by atoms with van der Waals surface area (Å²) in [6, 6.07) is 17.7. The Bertz CT molecular complexity index is 537. The molecular formula is C16H18N2O. The molecule has 3 nitrogen and oxygen atoms in total. The van der Waals surface area contributed by atoms with Crippen molar-refractivity contribution in [1.29, 1.82) is 0 Å². The molecule has 2 rings (SSSR count). The molecule has 0 fully saturated rings. The highest BCUT2D eigenvalue weighted by Gasteiger charge is 2.01. The van der Waals surface area contributed by atoms with Crippen LogP contribution in [0.1, 0.15) is 11.1 Å². The van der Waals surface area contributed by atoms with Crippen LogP contribution in [0, 0.1) is 6.92 Å². The first kappa shape index (κ1) is 13.1. The average Bonchev–Trinajstić information content (AvgIpc) is 2.40. The Morgan fingerprint density at radius 1 is 1.05 bits per heavy atom. The average molecular weight is 254 g/mol. The van der Waals surface area contributed by atoms with Crippen molar-refractivity contribution in [2.75, 3.05) is 11.9 Å². The Hall–Kier alpha value is -2.29. The van der Waals surface area contributed by atoms with E-state index in [0.29, 0.717) is 6.54 Å². The van der Waals surface area contributed by atoms with Gasteiger partial charge in [0.25, 0.3) is 0 Å². The third-order valence-electron chi connectivity index (χ3n) is 2.82. The summed E-state index contributed by atoms with van der Waals surface area (Å²) in [4.78, 5) is 11.7. The van der Waals surface area contributed by atoms with Gasteiger partial charge in [-0.25, -0.2) is 4.79 Å². The SMILES string of the molecule is Cc1cccc(NC(=O)NCCc2ccccc2)c1. The van der Waals surface area contributed by atoms with Crippen molar-refractivity contribution in [3.8, 4) is 0 Å². The lowest BCUT2D eigenvalue weighted by Crippen LogP contribution is -2.30. The van der Waals surface area contributed by atoms with E-state index in [1.165, 1.54) is 5.56 Å². The van der Waals surface area contributed by atoms with Gasteiger partial charge in [-0.2, -0.15) is 0 Å². The van der Waals surface area contributed by atoms with Gasteiger partial charge in [-0.05, 0) is 36.6 Å². The van der Waals surface area contributed by atoms with Crippen molar-refractivity contribution < 1.29 is 4.79 Å². The van der Waals surface area contributed by atoms with Gasteiger partial charge in [-0.1, -0.05) is 42.5 Å². The van der Waals surface area contributed by atoms with E-state index in [1.807, 2.05) is 49.4 Å². The van der Waals surface area contributed by atoms with Crippen molar-refractivity contribution in [3.05, 3.63) is 65.7 Å². The van der Waals surface area contributed by atoms with E-state index in [4.69, 9.17) is 0 Å². The van der Waals surface area contributed by atoms with Crippen molar-refractivity contribution >= 4 is 11.7 Å². The van der Waals surface area contributed by atoms with Crippen LogP contribution in [-0.2, 0) is 6.42 Å². The maximum Gasteiger partial charge on any atom is 0.319 e. The minimum atomic E-state index is -0.165. The fourth-order valence-corrected chi connectivity index (χ4v) is 1.86. The molecule has 0 saturated carbocycles. The van der Waals surface area contributed by atoms with Crippen LogP contribution in [0.5, 0.6) is 0 Å². The second-order valence-corrected chi connectivity index (χ2v) is 4.49. The standard InChI is InChI=1S/C16H18N2O/c1-13-6-5-9-15(12-13)18-16(19)17-11-10-14-7-3-2-4-8-14/h2-9,12H,10-11H2,1H3,(H2,17,18,19). The van der Waals surface area contributed by atoms with Gasteiger partial charge in [0.2, 0.25) is 0 Å².